The molecular formula is C19H20N4O. The highest BCUT2D eigenvalue weighted by Gasteiger charge is 2.16. The van der Waals surface area contributed by atoms with Crippen LogP contribution in [0.25, 0.3) is 11.3 Å². The summed E-state index contributed by atoms with van der Waals surface area (Å²) in [7, 11) is 0. The maximum absolute atomic E-state index is 12.5. The fourth-order valence-electron chi connectivity index (χ4n) is 2.56. The minimum Gasteiger partial charge on any atom is -0.344 e. The van der Waals surface area contributed by atoms with Gasteiger partial charge in [0.25, 0.3) is 5.91 Å². The van der Waals surface area contributed by atoms with Crippen LogP contribution in [0.5, 0.6) is 0 Å². The molecule has 0 aliphatic rings. The molecule has 0 radical (unpaired) electrons. The Hall–Kier alpha value is -2.95. The van der Waals surface area contributed by atoms with Gasteiger partial charge in [-0.25, -0.2) is 0 Å². The highest BCUT2D eigenvalue weighted by Crippen LogP contribution is 2.20. The van der Waals surface area contributed by atoms with Gasteiger partial charge in [0.1, 0.15) is 5.69 Å². The number of nitrogens with zero attached hydrogens (tertiary/aromatic N) is 2. The Morgan fingerprint density at radius 3 is 2.54 bits per heavy atom. The SMILES string of the molecule is CC[C@@H](NC(=O)c1cc(-c2ccc(C)cc2)n[nH]1)c1ccncc1. The van der Waals surface area contributed by atoms with Crippen molar-refractivity contribution in [3.63, 3.8) is 0 Å². The molecule has 122 valence electrons. The molecule has 0 saturated heterocycles. The summed E-state index contributed by atoms with van der Waals surface area (Å²) in [6.07, 6.45) is 4.26. The van der Waals surface area contributed by atoms with Gasteiger partial charge >= 0.3 is 0 Å². The Bertz CT molecular complexity index is 809. The molecule has 2 heterocycles. The summed E-state index contributed by atoms with van der Waals surface area (Å²) in [5.41, 5.74) is 4.43. The molecule has 1 aromatic carbocycles. The summed E-state index contributed by atoms with van der Waals surface area (Å²) < 4.78 is 0. The summed E-state index contributed by atoms with van der Waals surface area (Å²) in [6, 6.07) is 13.6. The van der Waals surface area contributed by atoms with E-state index in [1.54, 1.807) is 18.5 Å². The van der Waals surface area contributed by atoms with Crippen molar-refractivity contribution in [2.24, 2.45) is 0 Å². The molecular weight excluding hydrogens is 300 g/mol. The van der Waals surface area contributed by atoms with Gasteiger partial charge in [0.2, 0.25) is 0 Å². The van der Waals surface area contributed by atoms with Crippen LogP contribution in [-0.4, -0.2) is 21.1 Å². The number of aromatic nitrogens is 3. The van der Waals surface area contributed by atoms with Gasteiger partial charge < -0.3 is 5.32 Å². The molecule has 3 aromatic rings. The molecule has 0 unspecified atom stereocenters. The van der Waals surface area contributed by atoms with Crippen LogP contribution in [0.3, 0.4) is 0 Å². The zero-order valence-electron chi connectivity index (χ0n) is 13.8. The lowest BCUT2D eigenvalue weighted by atomic mass is 10.1. The minimum atomic E-state index is -0.162. The summed E-state index contributed by atoms with van der Waals surface area (Å²) >= 11 is 0. The Morgan fingerprint density at radius 1 is 1.17 bits per heavy atom. The Kier molecular flexibility index (Phi) is 4.70. The van der Waals surface area contributed by atoms with Crippen molar-refractivity contribution >= 4 is 5.91 Å². The smallest absolute Gasteiger partial charge is 0.269 e. The lowest BCUT2D eigenvalue weighted by Crippen LogP contribution is -2.28. The van der Waals surface area contributed by atoms with Crippen molar-refractivity contribution in [1.82, 2.24) is 20.5 Å². The molecule has 5 nitrogen and oxygen atoms in total. The number of hydrogen-bond donors (Lipinski definition) is 2. The van der Waals surface area contributed by atoms with Crippen LogP contribution in [0.2, 0.25) is 0 Å². The van der Waals surface area contributed by atoms with E-state index in [9.17, 15) is 4.79 Å². The van der Waals surface area contributed by atoms with E-state index in [2.05, 4.69) is 20.5 Å². The second-order valence-electron chi connectivity index (χ2n) is 5.75. The Labute approximate surface area is 141 Å². The number of carbonyl (C=O) groups excluding carboxylic acids is 1. The standard InChI is InChI=1S/C19H20N4O/c1-3-16(15-8-10-20-11-9-15)21-19(24)18-12-17(22-23-18)14-6-4-13(2)5-7-14/h4-12,16H,3H2,1-2H3,(H,21,24)(H,22,23)/t16-/m1/s1. The normalized spacial score (nSPS) is 11.9. The van der Waals surface area contributed by atoms with E-state index < -0.39 is 0 Å². The quantitative estimate of drug-likeness (QED) is 0.753. The van der Waals surface area contributed by atoms with Gasteiger partial charge in [0, 0.05) is 18.0 Å². The van der Waals surface area contributed by atoms with E-state index in [4.69, 9.17) is 0 Å². The summed E-state index contributed by atoms with van der Waals surface area (Å²) in [5, 5.41) is 10.1. The van der Waals surface area contributed by atoms with Crippen LogP contribution in [-0.2, 0) is 0 Å². The maximum Gasteiger partial charge on any atom is 0.269 e. The highest BCUT2D eigenvalue weighted by molar-refractivity contribution is 5.93. The van der Waals surface area contributed by atoms with Crippen LogP contribution in [0, 0.1) is 6.92 Å². The molecule has 0 fully saturated rings. The topological polar surface area (TPSA) is 70.7 Å². The van der Waals surface area contributed by atoms with Gasteiger partial charge in [0.15, 0.2) is 0 Å². The Morgan fingerprint density at radius 2 is 1.88 bits per heavy atom. The number of amides is 1. The fourth-order valence-corrected chi connectivity index (χ4v) is 2.56. The van der Waals surface area contributed by atoms with E-state index in [0.717, 1.165) is 23.2 Å². The monoisotopic (exact) mass is 320 g/mol. The van der Waals surface area contributed by atoms with Crippen LogP contribution in [0.4, 0.5) is 0 Å². The van der Waals surface area contributed by atoms with E-state index in [1.807, 2.05) is 50.2 Å². The van der Waals surface area contributed by atoms with Gasteiger partial charge in [-0.1, -0.05) is 36.8 Å². The van der Waals surface area contributed by atoms with Crippen LogP contribution >= 0.6 is 0 Å². The largest absolute Gasteiger partial charge is 0.344 e. The van der Waals surface area contributed by atoms with Gasteiger partial charge in [0.05, 0.1) is 11.7 Å². The molecule has 0 bridgehead atoms. The summed E-state index contributed by atoms with van der Waals surface area (Å²) in [5.74, 6) is -0.162. The molecule has 0 aliphatic heterocycles. The second-order valence-corrected chi connectivity index (χ2v) is 5.75. The van der Waals surface area contributed by atoms with E-state index in [1.165, 1.54) is 5.56 Å². The minimum absolute atomic E-state index is 0.0494. The zero-order valence-corrected chi connectivity index (χ0v) is 13.8. The van der Waals surface area contributed by atoms with Crippen LogP contribution in [0.15, 0.2) is 54.9 Å². The molecule has 0 saturated carbocycles. The van der Waals surface area contributed by atoms with Crippen LogP contribution < -0.4 is 5.32 Å². The van der Waals surface area contributed by atoms with E-state index in [0.29, 0.717) is 5.69 Å². The van der Waals surface area contributed by atoms with Crippen LogP contribution in [0.1, 0.15) is 41.0 Å². The van der Waals surface area contributed by atoms with Crippen molar-refractivity contribution in [3.8, 4) is 11.3 Å². The predicted octanol–water partition coefficient (Wildman–Crippen LogP) is 3.66. The summed E-state index contributed by atoms with van der Waals surface area (Å²) in [6.45, 7) is 4.08. The van der Waals surface area contributed by atoms with Crippen molar-refractivity contribution in [3.05, 3.63) is 71.7 Å². The van der Waals surface area contributed by atoms with Gasteiger partial charge in [-0.3, -0.25) is 14.9 Å². The summed E-state index contributed by atoms with van der Waals surface area (Å²) in [4.78, 5) is 16.5. The average Bonchev–Trinajstić information content (AvgIpc) is 3.11. The first-order valence-corrected chi connectivity index (χ1v) is 8.00. The fraction of sp³-hybridized carbons (Fsp3) is 0.211. The molecule has 5 heteroatoms. The lowest BCUT2D eigenvalue weighted by molar-refractivity contribution is 0.0930. The van der Waals surface area contributed by atoms with Crippen molar-refractivity contribution in [2.45, 2.75) is 26.3 Å². The van der Waals surface area contributed by atoms with Gasteiger partial charge in [-0.2, -0.15) is 5.10 Å². The molecule has 24 heavy (non-hydrogen) atoms. The number of rotatable bonds is 5. The maximum atomic E-state index is 12.5. The van der Waals surface area contributed by atoms with Crippen molar-refractivity contribution < 1.29 is 4.79 Å². The first-order valence-electron chi connectivity index (χ1n) is 8.00. The molecule has 0 aliphatic carbocycles. The number of benzene rings is 1. The predicted molar refractivity (Wildman–Crippen MR) is 93.5 cm³/mol. The molecule has 2 N–H and O–H groups in total. The molecule has 3 rings (SSSR count). The molecule has 2 aromatic heterocycles. The van der Waals surface area contributed by atoms with Crippen molar-refractivity contribution in [1.29, 1.82) is 0 Å². The molecule has 0 spiro atoms. The Balaban J connectivity index is 1.75. The number of aromatic amines is 1. The van der Waals surface area contributed by atoms with E-state index in [-0.39, 0.29) is 11.9 Å². The van der Waals surface area contributed by atoms with Gasteiger partial charge in [-0.05, 0) is 37.1 Å². The van der Waals surface area contributed by atoms with E-state index >= 15 is 0 Å². The zero-order chi connectivity index (χ0) is 16.9. The molecule has 1 amide bonds. The first-order chi connectivity index (χ1) is 11.7. The number of H-pyrrole nitrogens is 1. The van der Waals surface area contributed by atoms with Gasteiger partial charge in [-0.15, -0.1) is 0 Å². The third kappa shape index (κ3) is 3.51. The number of hydrogen-bond acceptors (Lipinski definition) is 3. The molecule has 1 atom stereocenters. The lowest BCUT2D eigenvalue weighted by Gasteiger charge is -2.16. The number of carbonyl (C=O) groups is 1. The highest BCUT2D eigenvalue weighted by atomic mass is 16.2. The third-order valence-corrected chi connectivity index (χ3v) is 3.99. The average molecular weight is 320 g/mol. The number of aryl methyl sites for hydroxylation is 1. The third-order valence-electron chi connectivity index (χ3n) is 3.99. The first kappa shape index (κ1) is 15.9. The van der Waals surface area contributed by atoms with Crippen molar-refractivity contribution in [2.75, 3.05) is 0 Å². The second kappa shape index (κ2) is 7.08. The number of pyridine rings is 1. The number of nitrogens with one attached hydrogen (secondary N) is 2.